The van der Waals surface area contributed by atoms with Crippen molar-refractivity contribution in [1.29, 1.82) is 0 Å². The molecule has 0 aliphatic heterocycles. The summed E-state index contributed by atoms with van der Waals surface area (Å²) in [5.41, 5.74) is 0.629. The molecule has 5 heteroatoms. The molecule has 3 nitrogen and oxygen atoms in total. The topological polar surface area (TPSA) is 30.5 Å². The fraction of sp³-hybridized carbons (Fsp3) is 0.429. The normalized spacial score (nSPS) is 9.95. The Morgan fingerprint density at radius 2 is 2.16 bits per heavy atom. The Hall–Kier alpha value is -1.80. The Kier molecular flexibility index (Phi) is 6.69. The minimum atomic E-state index is -2.87. The van der Waals surface area contributed by atoms with Crippen LogP contribution in [0.4, 0.5) is 8.78 Å². The maximum atomic E-state index is 12.4. The first kappa shape index (κ1) is 15.3. The summed E-state index contributed by atoms with van der Waals surface area (Å²) in [4.78, 5) is 0. The molecule has 0 atom stereocenters. The van der Waals surface area contributed by atoms with Crippen LogP contribution in [-0.2, 0) is 6.54 Å². The lowest BCUT2D eigenvalue weighted by Crippen LogP contribution is -2.16. The summed E-state index contributed by atoms with van der Waals surface area (Å²) >= 11 is 0. The fourth-order valence-electron chi connectivity index (χ4n) is 1.58. The Bertz CT molecular complexity index is 452. The minimum absolute atomic E-state index is 0.0778. The summed E-state index contributed by atoms with van der Waals surface area (Å²) in [6.45, 7) is 0.00833. The zero-order valence-electron chi connectivity index (χ0n) is 11.0. The van der Waals surface area contributed by atoms with Gasteiger partial charge in [0.05, 0.1) is 7.11 Å². The van der Waals surface area contributed by atoms with E-state index in [1.807, 2.05) is 0 Å². The van der Waals surface area contributed by atoms with Gasteiger partial charge in [0, 0.05) is 25.1 Å². The van der Waals surface area contributed by atoms with Crippen molar-refractivity contribution in [3.63, 3.8) is 0 Å². The number of methoxy groups -OCH3 is 1. The van der Waals surface area contributed by atoms with E-state index in [1.165, 1.54) is 7.11 Å². The van der Waals surface area contributed by atoms with Crippen LogP contribution in [-0.4, -0.2) is 20.3 Å². The van der Waals surface area contributed by atoms with Gasteiger partial charge in [0.2, 0.25) is 0 Å². The van der Waals surface area contributed by atoms with Gasteiger partial charge in [-0.1, -0.05) is 12.1 Å². The third-order valence-electron chi connectivity index (χ3n) is 2.41. The van der Waals surface area contributed by atoms with Crippen molar-refractivity contribution in [2.24, 2.45) is 0 Å². The summed E-state index contributed by atoms with van der Waals surface area (Å²) in [5.74, 6) is 6.08. The maximum absolute atomic E-state index is 12.4. The van der Waals surface area contributed by atoms with Crippen molar-refractivity contribution in [1.82, 2.24) is 5.32 Å². The number of benzene rings is 1. The Balaban J connectivity index is 2.71. The molecular formula is C14H17F2NO2. The van der Waals surface area contributed by atoms with Gasteiger partial charge in [-0.05, 0) is 13.0 Å². The molecule has 0 aliphatic rings. The van der Waals surface area contributed by atoms with Crippen molar-refractivity contribution in [3.05, 3.63) is 23.8 Å². The molecule has 0 aliphatic carbocycles. The van der Waals surface area contributed by atoms with E-state index in [9.17, 15) is 8.78 Å². The zero-order valence-corrected chi connectivity index (χ0v) is 11.0. The van der Waals surface area contributed by atoms with Crippen LogP contribution >= 0.6 is 0 Å². The van der Waals surface area contributed by atoms with E-state index in [0.717, 1.165) is 0 Å². The highest BCUT2D eigenvalue weighted by Crippen LogP contribution is 2.32. The second-order valence-corrected chi connectivity index (χ2v) is 3.68. The average molecular weight is 269 g/mol. The van der Waals surface area contributed by atoms with Crippen LogP contribution in [0.1, 0.15) is 18.9 Å². The van der Waals surface area contributed by atoms with Gasteiger partial charge in [0.15, 0.2) is 11.5 Å². The second kappa shape index (κ2) is 8.33. The number of alkyl halides is 2. The molecule has 0 radical (unpaired) electrons. The van der Waals surface area contributed by atoms with Gasteiger partial charge in [0.1, 0.15) is 0 Å². The summed E-state index contributed by atoms with van der Waals surface area (Å²) in [6.07, 6.45) is 0.714. The maximum Gasteiger partial charge on any atom is 0.387 e. The Morgan fingerprint density at radius 3 is 2.79 bits per heavy atom. The lowest BCUT2D eigenvalue weighted by Gasteiger charge is -2.14. The van der Waals surface area contributed by atoms with Gasteiger partial charge in [-0.15, -0.1) is 11.8 Å². The second-order valence-electron chi connectivity index (χ2n) is 3.68. The van der Waals surface area contributed by atoms with Crippen molar-refractivity contribution in [2.45, 2.75) is 26.5 Å². The molecule has 0 unspecified atom stereocenters. The van der Waals surface area contributed by atoms with Crippen molar-refractivity contribution in [2.75, 3.05) is 13.7 Å². The van der Waals surface area contributed by atoms with E-state index in [-0.39, 0.29) is 5.75 Å². The fourth-order valence-corrected chi connectivity index (χ4v) is 1.58. The summed E-state index contributed by atoms with van der Waals surface area (Å²) in [6, 6.07) is 5.04. The van der Waals surface area contributed by atoms with Gasteiger partial charge in [-0.2, -0.15) is 8.78 Å². The summed E-state index contributed by atoms with van der Waals surface area (Å²) in [5, 5.41) is 3.12. The predicted octanol–water partition coefficient (Wildman–Crippen LogP) is 2.80. The number of hydrogen-bond acceptors (Lipinski definition) is 3. The SMILES string of the molecule is CC#CCCNCc1cccc(OC)c1OC(F)F. The summed E-state index contributed by atoms with van der Waals surface area (Å²) in [7, 11) is 1.42. The smallest absolute Gasteiger partial charge is 0.387 e. The molecule has 0 heterocycles. The number of halogens is 2. The van der Waals surface area contributed by atoms with Crippen LogP contribution < -0.4 is 14.8 Å². The lowest BCUT2D eigenvalue weighted by molar-refractivity contribution is -0.0518. The van der Waals surface area contributed by atoms with Crippen LogP contribution in [0, 0.1) is 11.8 Å². The monoisotopic (exact) mass is 269 g/mol. The van der Waals surface area contributed by atoms with E-state index in [1.54, 1.807) is 25.1 Å². The number of nitrogens with one attached hydrogen (secondary N) is 1. The van der Waals surface area contributed by atoms with Gasteiger partial charge in [-0.25, -0.2) is 0 Å². The molecule has 104 valence electrons. The average Bonchev–Trinajstić information content (AvgIpc) is 2.39. The van der Waals surface area contributed by atoms with Crippen molar-refractivity contribution < 1.29 is 18.3 Å². The standard InChI is InChI=1S/C14H17F2NO2/c1-3-4-5-9-17-10-11-7-6-8-12(18-2)13(11)19-14(15)16/h6-8,14,17H,5,9-10H2,1-2H3. The van der Waals surface area contributed by atoms with E-state index in [4.69, 9.17) is 4.74 Å². The molecule has 0 spiro atoms. The minimum Gasteiger partial charge on any atom is -0.493 e. The van der Waals surface area contributed by atoms with Crippen LogP contribution in [0.2, 0.25) is 0 Å². The Morgan fingerprint density at radius 1 is 1.37 bits per heavy atom. The van der Waals surface area contributed by atoms with Gasteiger partial charge in [0.25, 0.3) is 0 Å². The van der Waals surface area contributed by atoms with E-state index in [2.05, 4.69) is 21.9 Å². The van der Waals surface area contributed by atoms with E-state index >= 15 is 0 Å². The number of para-hydroxylation sites is 1. The molecule has 1 N–H and O–H groups in total. The number of ether oxygens (including phenoxy) is 2. The molecule has 1 aromatic carbocycles. The molecule has 0 bridgehead atoms. The third kappa shape index (κ3) is 5.14. The highest BCUT2D eigenvalue weighted by atomic mass is 19.3. The van der Waals surface area contributed by atoms with E-state index in [0.29, 0.717) is 30.8 Å². The highest BCUT2D eigenvalue weighted by molar-refractivity contribution is 5.46. The van der Waals surface area contributed by atoms with Gasteiger partial charge >= 0.3 is 6.61 Å². The molecule has 1 aromatic rings. The first-order valence-electron chi connectivity index (χ1n) is 5.90. The molecule has 1 rings (SSSR count). The summed E-state index contributed by atoms with van der Waals surface area (Å²) < 4.78 is 34.3. The van der Waals surface area contributed by atoms with Crippen LogP contribution in [0.3, 0.4) is 0 Å². The predicted molar refractivity (Wildman–Crippen MR) is 69.4 cm³/mol. The first-order valence-corrected chi connectivity index (χ1v) is 5.90. The van der Waals surface area contributed by atoms with E-state index < -0.39 is 6.61 Å². The molecule has 0 aromatic heterocycles. The number of rotatable bonds is 7. The van der Waals surface area contributed by atoms with Crippen LogP contribution in [0.5, 0.6) is 11.5 Å². The first-order chi connectivity index (χ1) is 9.19. The molecule has 19 heavy (non-hydrogen) atoms. The third-order valence-corrected chi connectivity index (χ3v) is 2.41. The van der Waals surface area contributed by atoms with Crippen LogP contribution in [0.15, 0.2) is 18.2 Å². The quantitative estimate of drug-likeness (QED) is 0.610. The molecule has 0 fully saturated rings. The lowest BCUT2D eigenvalue weighted by atomic mass is 10.2. The van der Waals surface area contributed by atoms with Gasteiger partial charge in [-0.3, -0.25) is 0 Å². The Labute approximate surface area is 111 Å². The molecule has 0 amide bonds. The van der Waals surface area contributed by atoms with Gasteiger partial charge < -0.3 is 14.8 Å². The number of hydrogen-bond donors (Lipinski definition) is 1. The molecular weight excluding hydrogens is 252 g/mol. The zero-order chi connectivity index (χ0) is 14.1. The molecule has 0 saturated heterocycles. The van der Waals surface area contributed by atoms with Crippen molar-refractivity contribution >= 4 is 0 Å². The molecule has 0 saturated carbocycles. The van der Waals surface area contributed by atoms with Crippen LogP contribution in [0.25, 0.3) is 0 Å². The highest BCUT2D eigenvalue weighted by Gasteiger charge is 2.14. The largest absolute Gasteiger partial charge is 0.493 e. The van der Waals surface area contributed by atoms with Crippen molar-refractivity contribution in [3.8, 4) is 23.3 Å².